The van der Waals surface area contributed by atoms with E-state index in [4.69, 9.17) is 5.11 Å². The number of aliphatic hydroxyl groups is 1. The van der Waals surface area contributed by atoms with Crippen molar-refractivity contribution in [3.8, 4) is 0 Å². The van der Waals surface area contributed by atoms with Gasteiger partial charge < -0.3 is 10.2 Å². The van der Waals surface area contributed by atoms with Crippen LogP contribution in [0, 0.1) is 17.8 Å². The van der Waals surface area contributed by atoms with Crippen LogP contribution in [0.2, 0.25) is 0 Å². The fourth-order valence-corrected chi connectivity index (χ4v) is 4.91. The van der Waals surface area contributed by atoms with Crippen molar-refractivity contribution in [2.24, 2.45) is 17.8 Å². The minimum Gasteiger partial charge on any atom is -0.481 e. The van der Waals surface area contributed by atoms with Crippen LogP contribution < -0.4 is 0 Å². The van der Waals surface area contributed by atoms with Gasteiger partial charge in [0.25, 0.3) is 0 Å². The molecule has 2 aliphatic carbocycles. The molecule has 0 unspecified atom stereocenters. The Hall–Kier alpha value is 0.160. The Morgan fingerprint density at radius 2 is 2.15 bits per heavy atom. The highest BCUT2D eigenvalue weighted by Crippen LogP contribution is 2.57. The number of carbonyl (C=O) groups is 1. The van der Waals surface area contributed by atoms with Crippen LogP contribution in [0.5, 0.6) is 0 Å². The molecule has 0 aromatic carbocycles. The molecule has 0 aromatic rings. The third-order valence-electron chi connectivity index (χ3n) is 3.68. The van der Waals surface area contributed by atoms with Gasteiger partial charge in [0.1, 0.15) is 0 Å². The average molecular weight is 296 g/mol. The third-order valence-corrected chi connectivity index (χ3v) is 5.47. The van der Waals surface area contributed by atoms with E-state index in [1.54, 1.807) is 6.92 Å². The number of hydrogen-bond acceptors (Lipinski definition) is 2. The van der Waals surface area contributed by atoms with Gasteiger partial charge in [-0.25, -0.2) is 0 Å². The molecule has 0 radical (unpaired) electrons. The van der Waals surface area contributed by atoms with Gasteiger partial charge in [-0.1, -0.05) is 22.6 Å². The van der Waals surface area contributed by atoms with E-state index in [9.17, 15) is 9.90 Å². The Balaban J connectivity index is 2.35. The number of rotatable bonds is 1. The number of carboxylic acids is 1. The molecule has 0 spiro atoms. The first-order chi connectivity index (χ1) is 5.96. The van der Waals surface area contributed by atoms with E-state index in [-0.39, 0.29) is 11.8 Å². The number of fused-ring (bicyclic) bond motifs is 2. The van der Waals surface area contributed by atoms with E-state index in [0.29, 0.717) is 3.92 Å². The van der Waals surface area contributed by atoms with E-state index in [1.807, 2.05) is 0 Å². The molecule has 0 amide bonds. The molecule has 2 bridgehead atoms. The Morgan fingerprint density at radius 3 is 2.46 bits per heavy atom. The predicted octanol–water partition coefficient (Wildman–Crippen LogP) is 1.28. The van der Waals surface area contributed by atoms with Crippen LogP contribution in [0.3, 0.4) is 0 Å². The van der Waals surface area contributed by atoms with Crippen molar-refractivity contribution in [2.75, 3.05) is 0 Å². The van der Waals surface area contributed by atoms with Crippen LogP contribution >= 0.6 is 22.6 Å². The normalized spacial score (nSPS) is 54.1. The van der Waals surface area contributed by atoms with Gasteiger partial charge in [-0.3, -0.25) is 4.79 Å². The molecule has 3 nitrogen and oxygen atoms in total. The maximum Gasteiger partial charge on any atom is 0.309 e. The first-order valence-corrected chi connectivity index (χ1v) is 5.80. The summed E-state index contributed by atoms with van der Waals surface area (Å²) in [5.41, 5.74) is -0.986. The summed E-state index contributed by atoms with van der Waals surface area (Å²) in [6.07, 6.45) is 1.94. The average Bonchev–Trinajstić information content (AvgIpc) is 2.39. The molecule has 2 N–H and O–H groups in total. The zero-order valence-corrected chi connectivity index (χ0v) is 9.56. The fraction of sp³-hybridized carbons (Fsp3) is 0.889. The van der Waals surface area contributed by atoms with Gasteiger partial charge in [0.05, 0.1) is 11.5 Å². The molecule has 13 heavy (non-hydrogen) atoms. The summed E-state index contributed by atoms with van der Waals surface area (Å²) in [5, 5.41) is 19.1. The lowest BCUT2D eigenvalue weighted by atomic mass is 9.77. The van der Waals surface area contributed by atoms with E-state index in [0.717, 1.165) is 12.8 Å². The van der Waals surface area contributed by atoms with Crippen molar-refractivity contribution in [2.45, 2.75) is 29.3 Å². The first-order valence-electron chi connectivity index (χ1n) is 4.55. The Bertz CT molecular complexity index is 251. The Morgan fingerprint density at radius 1 is 1.54 bits per heavy atom. The largest absolute Gasteiger partial charge is 0.481 e. The lowest BCUT2D eigenvalue weighted by Crippen LogP contribution is -2.44. The Kier molecular flexibility index (Phi) is 2.11. The maximum atomic E-state index is 11.0. The van der Waals surface area contributed by atoms with Gasteiger partial charge in [0.2, 0.25) is 0 Å². The summed E-state index contributed by atoms with van der Waals surface area (Å²) in [7, 11) is 0. The number of halogens is 1. The first kappa shape index (κ1) is 9.71. The van der Waals surface area contributed by atoms with Crippen molar-refractivity contribution in [1.82, 2.24) is 0 Å². The van der Waals surface area contributed by atoms with E-state index in [2.05, 4.69) is 22.6 Å². The smallest absolute Gasteiger partial charge is 0.309 e. The van der Waals surface area contributed by atoms with E-state index < -0.39 is 17.5 Å². The second kappa shape index (κ2) is 2.82. The highest BCUT2D eigenvalue weighted by Gasteiger charge is 2.62. The van der Waals surface area contributed by atoms with Crippen LogP contribution in [0.1, 0.15) is 19.8 Å². The zero-order chi connectivity index (χ0) is 9.80. The summed E-state index contributed by atoms with van der Waals surface area (Å²) >= 11 is 2.30. The molecular formula is C9H13IO3. The molecule has 0 heterocycles. The van der Waals surface area contributed by atoms with Crippen molar-refractivity contribution in [3.05, 3.63) is 0 Å². The molecule has 74 valence electrons. The van der Waals surface area contributed by atoms with Crippen LogP contribution in [0.25, 0.3) is 0 Å². The molecule has 4 heteroatoms. The summed E-state index contributed by atoms with van der Waals surface area (Å²) < 4.78 is 0.341. The lowest BCUT2D eigenvalue weighted by Gasteiger charge is -2.33. The van der Waals surface area contributed by atoms with Gasteiger partial charge in [0.15, 0.2) is 0 Å². The minimum absolute atomic E-state index is 0.179. The van der Waals surface area contributed by atoms with Crippen molar-refractivity contribution >= 4 is 28.6 Å². The fourth-order valence-electron chi connectivity index (χ4n) is 3.05. The van der Waals surface area contributed by atoms with Gasteiger partial charge >= 0.3 is 5.97 Å². The summed E-state index contributed by atoms with van der Waals surface area (Å²) in [4.78, 5) is 11.0. The third kappa shape index (κ3) is 1.14. The van der Waals surface area contributed by atoms with E-state index >= 15 is 0 Å². The van der Waals surface area contributed by atoms with Crippen LogP contribution in [-0.4, -0.2) is 25.7 Å². The summed E-state index contributed by atoms with van der Waals surface area (Å²) in [5.74, 6) is -1.02. The maximum absolute atomic E-state index is 11.0. The molecule has 0 aliphatic heterocycles. The van der Waals surface area contributed by atoms with Crippen LogP contribution in [0.4, 0.5) is 0 Å². The lowest BCUT2D eigenvalue weighted by molar-refractivity contribution is -0.155. The standard InChI is InChI=1S/C9H13IO3/c1-9(13)5-3-2-4(7(5)10)6(9)8(11)12/h4-7,13H,2-3H2,1H3,(H,11,12)/t4-,5+,6-,7+,9+/m1/s1. The molecule has 2 aliphatic rings. The molecule has 2 rings (SSSR count). The number of hydrogen-bond donors (Lipinski definition) is 2. The predicted molar refractivity (Wildman–Crippen MR) is 55.8 cm³/mol. The molecule has 0 saturated heterocycles. The van der Waals surface area contributed by atoms with Crippen LogP contribution in [0.15, 0.2) is 0 Å². The number of alkyl halides is 1. The van der Waals surface area contributed by atoms with Gasteiger partial charge in [-0.15, -0.1) is 0 Å². The monoisotopic (exact) mass is 296 g/mol. The number of aliphatic carboxylic acids is 1. The van der Waals surface area contributed by atoms with Crippen LogP contribution in [-0.2, 0) is 4.79 Å². The highest BCUT2D eigenvalue weighted by atomic mass is 127. The van der Waals surface area contributed by atoms with Crippen molar-refractivity contribution in [1.29, 1.82) is 0 Å². The summed E-state index contributed by atoms with van der Waals surface area (Å²) in [6, 6.07) is 0. The SMILES string of the molecule is C[C@]1(O)[C@H]2CC[C@@H]([C@@H]2I)[C@@H]1C(=O)O. The molecular weight excluding hydrogens is 283 g/mol. The Labute approximate surface area is 90.7 Å². The molecule has 2 saturated carbocycles. The van der Waals surface area contributed by atoms with Gasteiger partial charge in [0, 0.05) is 9.84 Å². The second-order valence-corrected chi connectivity index (χ2v) is 5.77. The quantitative estimate of drug-likeness (QED) is 0.566. The van der Waals surface area contributed by atoms with Gasteiger partial charge in [-0.2, -0.15) is 0 Å². The highest BCUT2D eigenvalue weighted by molar-refractivity contribution is 14.1. The topological polar surface area (TPSA) is 57.5 Å². The van der Waals surface area contributed by atoms with Crippen molar-refractivity contribution < 1.29 is 15.0 Å². The minimum atomic E-state index is -0.986. The second-order valence-electron chi connectivity index (χ2n) is 4.33. The van der Waals surface area contributed by atoms with Gasteiger partial charge in [-0.05, 0) is 25.7 Å². The molecule has 0 aromatic heterocycles. The zero-order valence-electron chi connectivity index (χ0n) is 7.40. The van der Waals surface area contributed by atoms with Crippen molar-refractivity contribution in [3.63, 3.8) is 0 Å². The van der Waals surface area contributed by atoms with E-state index in [1.165, 1.54) is 0 Å². The number of carboxylic acid groups (broad SMARTS) is 1. The molecule has 2 fully saturated rings. The summed E-state index contributed by atoms with van der Waals surface area (Å²) in [6.45, 7) is 1.68. The molecule has 5 atom stereocenters.